The molecule has 0 bridgehead atoms. The van der Waals surface area contributed by atoms with Crippen LogP contribution in [-0.4, -0.2) is 9.78 Å². The Morgan fingerprint density at radius 2 is 2.00 bits per heavy atom. The van der Waals surface area contributed by atoms with E-state index in [1.807, 2.05) is 19.1 Å². The van der Waals surface area contributed by atoms with Crippen molar-refractivity contribution >= 4 is 5.69 Å². The normalized spacial score (nSPS) is 10.4. The zero-order valence-corrected chi connectivity index (χ0v) is 9.43. The van der Waals surface area contributed by atoms with E-state index >= 15 is 0 Å². The van der Waals surface area contributed by atoms with Gasteiger partial charge in [0.05, 0.1) is 6.54 Å². The van der Waals surface area contributed by atoms with Crippen molar-refractivity contribution in [2.45, 2.75) is 13.5 Å². The van der Waals surface area contributed by atoms with E-state index < -0.39 is 0 Å². The smallest absolute Gasteiger partial charge is 0.265 e. The van der Waals surface area contributed by atoms with Gasteiger partial charge in [0.15, 0.2) is 0 Å². The molecule has 0 fully saturated rings. The topological polar surface area (TPSA) is 80.9 Å². The summed E-state index contributed by atoms with van der Waals surface area (Å²) in [6.07, 6.45) is 0. The van der Waals surface area contributed by atoms with Gasteiger partial charge in [-0.3, -0.25) is 14.7 Å². The van der Waals surface area contributed by atoms with Gasteiger partial charge in [-0.1, -0.05) is 12.1 Å². The number of anilines is 1. The Bertz CT molecular complexity index is 655. The highest BCUT2D eigenvalue weighted by Crippen LogP contribution is 2.15. The molecule has 5 nitrogen and oxygen atoms in total. The van der Waals surface area contributed by atoms with E-state index in [1.165, 1.54) is 16.8 Å². The summed E-state index contributed by atoms with van der Waals surface area (Å²) in [5.41, 5.74) is 7.75. The first-order valence-corrected chi connectivity index (χ1v) is 5.22. The van der Waals surface area contributed by atoms with Gasteiger partial charge in [0.1, 0.15) is 0 Å². The number of hydrogen-bond donors (Lipinski definition) is 2. The van der Waals surface area contributed by atoms with Gasteiger partial charge in [-0.15, -0.1) is 0 Å². The number of nitrogens with two attached hydrogens (primary N) is 1. The SMILES string of the molecule is Cc1c(N)cccc1Cn1[nH]c(=O)ccc1=O. The lowest BCUT2D eigenvalue weighted by Crippen LogP contribution is -2.28. The molecule has 0 atom stereocenters. The van der Waals surface area contributed by atoms with Gasteiger partial charge in [-0.05, 0) is 24.1 Å². The summed E-state index contributed by atoms with van der Waals surface area (Å²) < 4.78 is 1.27. The van der Waals surface area contributed by atoms with Crippen LogP contribution in [0.2, 0.25) is 0 Å². The van der Waals surface area contributed by atoms with E-state index in [4.69, 9.17) is 5.73 Å². The lowest BCUT2D eigenvalue weighted by molar-refractivity contribution is 0.625. The monoisotopic (exact) mass is 231 g/mol. The first-order chi connectivity index (χ1) is 8.08. The predicted molar refractivity (Wildman–Crippen MR) is 66.0 cm³/mol. The minimum atomic E-state index is -0.300. The molecule has 17 heavy (non-hydrogen) atoms. The highest BCUT2D eigenvalue weighted by atomic mass is 16.1. The quantitative estimate of drug-likeness (QED) is 0.737. The summed E-state index contributed by atoms with van der Waals surface area (Å²) in [5, 5.41) is 2.48. The number of H-pyrrole nitrogens is 1. The van der Waals surface area contributed by atoms with Crippen LogP contribution in [0.15, 0.2) is 39.9 Å². The van der Waals surface area contributed by atoms with Crippen molar-refractivity contribution in [2.75, 3.05) is 5.73 Å². The van der Waals surface area contributed by atoms with Crippen LogP contribution in [0.25, 0.3) is 0 Å². The molecule has 0 aliphatic rings. The lowest BCUT2D eigenvalue weighted by Gasteiger charge is -2.09. The van der Waals surface area contributed by atoms with Gasteiger partial charge in [-0.2, -0.15) is 0 Å². The average molecular weight is 231 g/mol. The molecule has 88 valence electrons. The summed E-state index contributed by atoms with van der Waals surface area (Å²) in [6.45, 7) is 2.20. The Labute approximate surface area is 97.5 Å². The van der Waals surface area contributed by atoms with Gasteiger partial charge in [0, 0.05) is 17.8 Å². The standard InChI is InChI=1S/C12H13N3O2/c1-8-9(3-2-4-10(8)13)7-15-12(17)6-5-11(16)14-15/h2-6H,7,13H2,1H3,(H,14,16). The number of nitrogens with one attached hydrogen (secondary N) is 1. The summed E-state index contributed by atoms with van der Waals surface area (Å²) in [4.78, 5) is 22.7. The molecule has 0 unspecified atom stereocenters. The Kier molecular flexibility index (Phi) is 2.82. The molecule has 3 N–H and O–H groups in total. The third-order valence-corrected chi connectivity index (χ3v) is 2.70. The zero-order valence-electron chi connectivity index (χ0n) is 9.43. The van der Waals surface area contributed by atoms with E-state index in [9.17, 15) is 9.59 Å². The number of rotatable bonds is 2. The fraction of sp³-hybridized carbons (Fsp3) is 0.167. The van der Waals surface area contributed by atoms with E-state index in [1.54, 1.807) is 6.07 Å². The number of aromatic amines is 1. The Hall–Kier alpha value is -2.30. The van der Waals surface area contributed by atoms with Gasteiger partial charge in [0.2, 0.25) is 0 Å². The van der Waals surface area contributed by atoms with Crippen molar-refractivity contribution in [3.63, 3.8) is 0 Å². The molecular weight excluding hydrogens is 218 g/mol. The highest BCUT2D eigenvalue weighted by Gasteiger charge is 2.03. The van der Waals surface area contributed by atoms with Crippen molar-refractivity contribution in [1.29, 1.82) is 0 Å². The number of aromatic nitrogens is 2. The molecule has 2 aromatic rings. The molecule has 0 saturated carbocycles. The van der Waals surface area contributed by atoms with E-state index in [0.717, 1.165) is 11.1 Å². The molecule has 2 rings (SSSR count). The van der Waals surface area contributed by atoms with Crippen LogP contribution in [0.5, 0.6) is 0 Å². The second-order valence-corrected chi connectivity index (χ2v) is 3.87. The van der Waals surface area contributed by atoms with Crippen LogP contribution in [0.3, 0.4) is 0 Å². The number of nitrogen functional groups attached to an aromatic ring is 1. The highest BCUT2D eigenvalue weighted by molar-refractivity contribution is 5.49. The van der Waals surface area contributed by atoms with Crippen molar-refractivity contribution in [3.8, 4) is 0 Å². The van der Waals surface area contributed by atoms with E-state index in [-0.39, 0.29) is 11.1 Å². The van der Waals surface area contributed by atoms with E-state index in [2.05, 4.69) is 5.10 Å². The fourth-order valence-corrected chi connectivity index (χ4v) is 1.62. The van der Waals surface area contributed by atoms with Crippen LogP contribution < -0.4 is 16.9 Å². The molecule has 0 saturated heterocycles. The summed E-state index contributed by atoms with van der Waals surface area (Å²) >= 11 is 0. The zero-order chi connectivity index (χ0) is 12.4. The maximum atomic E-state index is 11.5. The predicted octanol–water partition coefficient (Wildman–Crippen LogP) is 0.476. The molecular formula is C12H13N3O2. The fourth-order valence-electron chi connectivity index (χ4n) is 1.62. The average Bonchev–Trinajstić information content (AvgIpc) is 2.30. The van der Waals surface area contributed by atoms with Crippen LogP contribution in [0.4, 0.5) is 5.69 Å². The molecule has 1 aromatic carbocycles. The Morgan fingerprint density at radius 1 is 1.24 bits per heavy atom. The largest absolute Gasteiger partial charge is 0.399 e. The van der Waals surface area contributed by atoms with Crippen molar-refractivity contribution in [3.05, 3.63) is 62.2 Å². The summed E-state index contributed by atoms with van der Waals surface area (Å²) in [7, 11) is 0. The number of hydrogen-bond acceptors (Lipinski definition) is 3. The maximum Gasteiger partial charge on any atom is 0.265 e. The van der Waals surface area contributed by atoms with Crippen LogP contribution in [0, 0.1) is 6.92 Å². The molecule has 5 heteroatoms. The minimum Gasteiger partial charge on any atom is -0.399 e. The van der Waals surface area contributed by atoms with Gasteiger partial charge in [-0.25, -0.2) is 4.68 Å². The summed E-state index contributed by atoms with van der Waals surface area (Å²) in [6, 6.07) is 7.97. The first kappa shape index (κ1) is 11.2. The number of benzene rings is 1. The third-order valence-electron chi connectivity index (χ3n) is 2.70. The molecule has 0 amide bonds. The molecule has 0 aliphatic carbocycles. The summed E-state index contributed by atoms with van der Waals surface area (Å²) in [5.74, 6) is 0. The number of nitrogens with zero attached hydrogens (tertiary/aromatic N) is 1. The van der Waals surface area contributed by atoms with Gasteiger partial charge in [0.25, 0.3) is 11.1 Å². The van der Waals surface area contributed by atoms with Crippen LogP contribution in [-0.2, 0) is 6.54 Å². The minimum absolute atomic E-state index is 0.244. The van der Waals surface area contributed by atoms with Crippen LogP contribution in [0.1, 0.15) is 11.1 Å². The molecule has 0 spiro atoms. The molecule has 0 aliphatic heterocycles. The molecule has 0 radical (unpaired) electrons. The maximum absolute atomic E-state index is 11.5. The van der Waals surface area contributed by atoms with Crippen molar-refractivity contribution < 1.29 is 0 Å². The van der Waals surface area contributed by atoms with Crippen molar-refractivity contribution in [2.24, 2.45) is 0 Å². The van der Waals surface area contributed by atoms with Gasteiger partial charge < -0.3 is 5.73 Å². The lowest BCUT2D eigenvalue weighted by atomic mass is 10.1. The second-order valence-electron chi connectivity index (χ2n) is 3.87. The van der Waals surface area contributed by atoms with E-state index in [0.29, 0.717) is 12.2 Å². The van der Waals surface area contributed by atoms with Crippen molar-refractivity contribution in [1.82, 2.24) is 9.78 Å². The third kappa shape index (κ3) is 2.28. The second kappa shape index (κ2) is 4.29. The molecule has 1 aromatic heterocycles. The molecule has 1 heterocycles. The first-order valence-electron chi connectivity index (χ1n) is 5.22. The Balaban J connectivity index is 2.45. The Morgan fingerprint density at radius 3 is 2.76 bits per heavy atom. The van der Waals surface area contributed by atoms with Crippen LogP contribution >= 0.6 is 0 Å². The van der Waals surface area contributed by atoms with Gasteiger partial charge >= 0.3 is 0 Å².